The largest absolute Gasteiger partial charge is 0.497 e. The molecule has 7 heteroatoms. The number of hydrazone groups is 1. The minimum atomic E-state index is 0.528. The van der Waals surface area contributed by atoms with Crippen LogP contribution in [0.15, 0.2) is 77.9 Å². The number of halogens is 1. The summed E-state index contributed by atoms with van der Waals surface area (Å²) < 4.78 is 7.31. The fourth-order valence-corrected chi connectivity index (χ4v) is 3.90. The van der Waals surface area contributed by atoms with Crippen molar-refractivity contribution in [1.82, 2.24) is 14.8 Å². The first-order valence-electron chi connectivity index (χ1n) is 9.91. The Morgan fingerprint density at radius 3 is 2.45 bits per heavy atom. The third-order valence-electron chi connectivity index (χ3n) is 5.25. The number of methoxy groups -OCH3 is 1. The summed E-state index contributed by atoms with van der Waals surface area (Å²) in [4.78, 5) is 0. The molecule has 1 aliphatic heterocycles. The maximum Gasteiger partial charge on any atom is 0.252 e. The molecule has 1 aliphatic rings. The summed E-state index contributed by atoms with van der Waals surface area (Å²) in [5, 5.41) is 16.4. The maximum absolute atomic E-state index is 6.40. The number of hydrogen-bond donors (Lipinski definition) is 0. The van der Waals surface area contributed by atoms with Crippen LogP contribution in [0.25, 0.3) is 5.69 Å². The second-order valence-electron chi connectivity index (χ2n) is 7.26. The molecule has 0 atom stereocenters. The molecule has 3 aromatic carbocycles. The van der Waals surface area contributed by atoms with E-state index in [1.54, 1.807) is 7.11 Å². The molecule has 0 N–H and O–H groups in total. The summed E-state index contributed by atoms with van der Waals surface area (Å²) in [7, 11) is 1.66. The van der Waals surface area contributed by atoms with Gasteiger partial charge in [0.05, 0.1) is 19.3 Å². The third kappa shape index (κ3) is 3.55. The molecule has 154 valence electrons. The molecule has 6 nitrogen and oxygen atoms in total. The molecule has 2 heterocycles. The summed E-state index contributed by atoms with van der Waals surface area (Å²) >= 11 is 6.40. The van der Waals surface area contributed by atoms with Crippen LogP contribution in [-0.2, 0) is 6.54 Å². The van der Waals surface area contributed by atoms with Gasteiger partial charge in [-0.15, -0.1) is 10.2 Å². The summed E-state index contributed by atoms with van der Waals surface area (Å²) in [5.41, 5.74) is 4.79. The molecule has 0 bridgehead atoms. The minimum Gasteiger partial charge on any atom is -0.497 e. The van der Waals surface area contributed by atoms with Crippen LogP contribution in [0.5, 0.6) is 5.75 Å². The van der Waals surface area contributed by atoms with E-state index >= 15 is 0 Å². The Morgan fingerprint density at radius 1 is 0.935 bits per heavy atom. The topological polar surface area (TPSA) is 55.5 Å². The minimum absolute atomic E-state index is 0.528. The van der Waals surface area contributed by atoms with Gasteiger partial charge >= 0.3 is 0 Å². The third-order valence-corrected chi connectivity index (χ3v) is 5.49. The second-order valence-corrected chi connectivity index (χ2v) is 7.70. The molecular weight excluding hydrogens is 410 g/mol. The Kier molecular flexibility index (Phi) is 4.92. The molecule has 0 amide bonds. The molecule has 0 saturated carbocycles. The van der Waals surface area contributed by atoms with E-state index in [9.17, 15) is 0 Å². The van der Waals surface area contributed by atoms with Gasteiger partial charge in [-0.3, -0.25) is 4.57 Å². The van der Waals surface area contributed by atoms with Gasteiger partial charge in [-0.2, -0.15) is 5.10 Å². The zero-order chi connectivity index (χ0) is 21.4. The van der Waals surface area contributed by atoms with E-state index in [4.69, 9.17) is 21.4 Å². The monoisotopic (exact) mass is 429 g/mol. The average molecular weight is 430 g/mol. The first kappa shape index (κ1) is 19.3. The summed E-state index contributed by atoms with van der Waals surface area (Å²) in [5.74, 6) is 2.25. The number of aryl methyl sites for hydroxylation is 1. The van der Waals surface area contributed by atoms with Crippen LogP contribution in [0, 0.1) is 6.92 Å². The number of anilines is 1. The average Bonchev–Trinajstić information content (AvgIpc) is 3.12. The molecule has 5 rings (SSSR count). The summed E-state index contributed by atoms with van der Waals surface area (Å²) in [6.07, 6.45) is 0. The van der Waals surface area contributed by atoms with E-state index in [-0.39, 0.29) is 0 Å². The maximum atomic E-state index is 6.40. The lowest BCUT2D eigenvalue weighted by Crippen LogP contribution is -2.20. The van der Waals surface area contributed by atoms with Gasteiger partial charge in [0.2, 0.25) is 0 Å². The Labute approximate surface area is 185 Å². The van der Waals surface area contributed by atoms with Crippen LogP contribution in [-0.4, -0.2) is 27.6 Å². The number of nitrogens with zero attached hydrogens (tertiary/aromatic N) is 5. The lowest BCUT2D eigenvalue weighted by molar-refractivity contribution is 0.414. The number of aromatic nitrogens is 3. The number of benzene rings is 3. The second kappa shape index (κ2) is 7.89. The van der Waals surface area contributed by atoms with Gasteiger partial charge in [0.1, 0.15) is 17.3 Å². The highest BCUT2D eigenvalue weighted by Gasteiger charge is 2.26. The van der Waals surface area contributed by atoms with Crippen LogP contribution in [0.1, 0.15) is 22.5 Å². The fourth-order valence-electron chi connectivity index (χ4n) is 3.73. The van der Waals surface area contributed by atoms with Crippen molar-refractivity contribution in [3.63, 3.8) is 0 Å². The van der Waals surface area contributed by atoms with Crippen molar-refractivity contribution in [2.45, 2.75) is 13.5 Å². The normalized spacial score (nSPS) is 12.6. The number of fused-ring (bicyclic) bond motifs is 3. The molecule has 0 spiro atoms. The summed E-state index contributed by atoms with van der Waals surface area (Å²) in [6, 6.07) is 23.9. The molecule has 31 heavy (non-hydrogen) atoms. The van der Waals surface area contributed by atoms with Crippen molar-refractivity contribution in [2.75, 3.05) is 12.1 Å². The zero-order valence-corrected chi connectivity index (χ0v) is 17.9. The highest BCUT2D eigenvalue weighted by atomic mass is 35.5. The molecule has 0 aliphatic carbocycles. The highest BCUT2D eigenvalue weighted by molar-refractivity contribution is 6.31. The SMILES string of the molecule is COc1ccc(CN2N=C(c3ccccc3)c3cc(Cl)ccc3-n3c(C)nnc32)cc1. The fraction of sp³-hybridized carbons (Fsp3) is 0.125. The van der Waals surface area contributed by atoms with Gasteiger partial charge in [0.15, 0.2) is 0 Å². The first-order chi connectivity index (χ1) is 15.1. The molecule has 0 radical (unpaired) electrons. The number of hydrogen-bond acceptors (Lipinski definition) is 5. The van der Waals surface area contributed by atoms with E-state index in [0.29, 0.717) is 17.5 Å². The van der Waals surface area contributed by atoms with Crippen molar-refractivity contribution in [2.24, 2.45) is 5.10 Å². The van der Waals surface area contributed by atoms with Gasteiger partial charge in [0.25, 0.3) is 5.95 Å². The number of ether oxygens (including phenoxy) is 1. The van der Waals surface area contributed by atoms with Crippen molar-refractivity contribution in [3.8, 4) is 11.4 Å². The molecule has 0 fully saturated rings. The van der Waals surface area contributed by atoms with Gasteiger partial charge < -0.3 is 4.74 Å². The van der Waals surface area contributed by atoms with Crippen molar-refractivity contribution >= 4 is 23.3 Å². The van der Waals surface area contributed by atoms with Gasteiger partial charge in [-0.1, -0.05) is 54.1 Å². The van der Waals surface area contributed by atoms with Gasteiger partial charge in [-0.05, 0) is 42.8 Å². The standard InChI is InChI=1S/C24H20ClN5O/c1-16-26-27-24-29(15-17-8-11-20(31-2)12-9-17)28-23(18-6-4-3-5-7-18)21-14-19(25)10-13-22(21)30(16)24/h3-14H,15H2,1-2H3. The molecule has 1 aromatic heterocycles. The lowest BCUT2D eigenvalue weighted by atomic mass is 10.0. The van der Waals surface area contributed by atoms with Crippen LogP contribution < -0.4 is 9.75 Å². The van der Waals surface area contributed by atoms with E-state index < -0.39 is 0 Å². The first-order valence-corrected chi connectivity index (χ1v) is 10.3. The number of rotatable bonds is 4. The van der Waals surface area contributed by atoms with E-state index in [1.807, 2.05) is 89.3 Å². The smallest absolute Gasteiger partial charge is 0.252 e. The Hall–Kier alpha value is -3.64. The molecule has 0 saturated heterocycles. The van der Waals surface area contributed by atoms with E-state index in [1.165, 1.54) is 0 Å². The Bertz CT molecular complexity index is 1270. The lowest BCUT2D eigenvalue weighted by Gasteiger charge is -2.18. The van der Waals surface area contributed by atoms with Crippen LogP contribution in [0.2, 0.25) is 5.02 Å². The Balaban J connectivity index is 1.70. The molecule has 4 aromatic rings. The van der Waals surface area contributed by atoms with Crippen LogP contribution >= 0.6 is 11.6 Å². The van der Waals surface area contributed by atoms with E-state index in [2.05, 4.69) is 10.2 Å². The van der Waals surface area contributed by atoms with Crippen LogP contribution in [0.3, 0.4) is 0 Å². The van der Waals surface area contributed by atoms with Crippen molar-refractivity contribution < 1.29 is 4.74 Å². The molecule has 0 unspecified atom stereocenters. The summed E-state index contributed by atoms with van der Waals surface area (Å²) in [6.45, 7) is 2.47. The Morgan fingerprint density at radius 2 is 1.71 bits per heavy atom. The zero-order valence-electron chi connectivity index (χ0n) is 17.2. The van der Waals surface area contributed by atoms with Gasteiger partial charge in [0, 0.05) is 16.1 Å². The van der Waals surface area contributed by atoms with Crippen molar-refractivity contribution in [3.05, 3.63) is 100 Å². The van der Waals surface area contributed by atoms with Gasteiger partial charge in [-0.25, -0.2) is 5.01 Å². The van der Waals surface area contributed by atoms with Crippen LogP contribution in [0.4, 0.5) is 5.95 Å². The molecular formula is C24H20ClN5O. The predicted octanol–water partition coefficient (Wildman–Crippen LogP) is 5.01. The predicted molar refractivity (Wildman–Crippen MR) is 122 cm³/mol. The van der Waals surface area contributed by atoms with Crippen molar-refractivity contribution in [1.29, 1.82) is 0 Å². The quantitative estimate of drug-likeness (QED) is 0.457. The highest BCUT2D eigenvalue weighted by Crippen LogP contribution is 2.32. The van der Waals surface area contributed by atoms with E-state index in [0.717, 1.165) is 39.7 Å².